The first-order valence-electron chi connectivity index (χ1n) is 8.43. The zero-order valence-electron chi connectivity index (χ0n) is 14.4. The van der Waals surface area contributed by atoms with Crippen molar-refractivity contribution in [3.05, 3.63) is 60.7 Å². The zero-order valence-corrected chi connectivity index (χ0v) is 16.2. The summed E-state index contributed by atoms with van der Waals surface area (Å²) in [5.74, 6) is 0. The molecule has 0 unspecified atom stereocenters. The normalized spacial score (nSPS) is 33.5. The number of para-hydroxylation sites is 2. The number of nitrogens with one attached hydrogen (secondary N) is 2. The average molecular weight is 410 g/mol. The molecule has 0 bridgehead atoms. The molecule has 2 aliphatic rings. The van der Waals surface area contributed by atoms with E-state index in [2.05, 4.69) is 10.2 Å². The quantitative estimate of drug-likeness (QED) is 0.712. The van der Waals surface area contributed by atoms with E-state index in [1.54, 1.807) is 24.3 Å². The molecular formula is C17H20N2O6P2. The highest BCUT2D eigenvalue weighted by atomic mass is 31.2. The number of hydrogen-bond acceptors (Lipinski definition) is 6. The molecule has 2 heterocycles. The Morgan fingerprint density at radius 1 is 0.630 bits per heavy atom. The van der Waals surface area contributed by atoms with E-state index < -0.39 is 20.9 Å². The molecule has 0 aliphatic carbocycles. The standard InChI is InChI=1S/C17H20N2O6P2/c20-26(18-15-7-3-1-4-8-15)22-11-17(12-23-26)13-24-27(21,25-14-17)19-16-9-5-2-6-10-16/h1-10H,11-14H2,(H,18,20)(H,19,21). The molecule has 2 aliphatic heterocycles. The minimum Gasteiger partial charge on any atom is -0.293 e. The fraction of sp³-hybridized carbons (Fsp3) is 0.294. The summed E-state index contributed by atoms with van der Waals surface area (Å²) in [7, 11) is -6.92. The second-order valence-electron chi connectivity index (χ2n) is 6.54. The molecule has 2 aromatic rings. The number of benzene rings is 2. The Morgan fingerprint density at radius 3 is 1.30 bits per heavy atom. The molecule has 8 nitrogen and oxygen atoms in total. The lowest BCUT2D eigenvalue weighted by Crippen LogP contribution is -2.46. The fourth-order valence-corrected chi connectivity index (χ4v) is 5.80. The number of rotatable bonds is 4. The predicted octanol–water partition coefficient (Wildman–Crippen LogP) is 4.51. The van der Waals surface area contributed by atoms with E-state index in [1.165, 1.54) is 0 Å². The molecule has 0 atom stereocenters. The molecule has 1 spiro atoms. The van der Waals surface area contributed by atoms with Crippen molar-refractivity contribution < 1.29 is 27.2 Å². The summed E-state index contributed by atoms with van der Waals surface area (Å²) in [6.07, 6.45) is 0. The highest BCUT2D eigenvalue weighted by Gasteiger charge is 2.49. The first-order valence-corrected chi connectivity index (χ1v) is 11.5. The van der Waals surface area contributed by atoms with Crippen molar-refractivity contribution in [3.63, 3.8) is 0 Å². The van der Waals surface area contributed by atoms with Crippen LogP contribution in [0.1, 0.15) is 0 Å². The Morgan fingerprint density at radius 2 is 0.963 bits per heavy atom. The van der Waals surface area contributed by atoms with E-state index in [4.69, 9.17) is 18.1 Å². The molecule has 2 N–H and O–H groups in total. The Kier molecular flexibility index (Phi) is 5.12. The van der Waals surface area contributed by atoms with Gasteiger partial charge in [0.15, 0.2) is 0 Å². The Bertz CT molecular complexity index is 778. The lowest BCUT2D eigenvalue weighted by molar-refractivity contribution is -0.0667. The summed E-state index contributed by atoms with van der Waals surface area (Å²) in [4.78, 5) is 0. The van der Waals surface area contributed by atoms with Crippen molar-refractivity contribution in [2.75, 3.05) is 36.6 Å². The van der Waals surface area contributed by atoms with E-state index in [1.807, 2.05) is 36.4 Å². The molecular weight excluding hydrogens is 390 g/mol. The summed E-state index contributed by atoms with van der Waals surface area (Å²) in [5.41, 5.74) is 0.632. The van der Waals surface area contributed by atoms with Gasteiger partial charge in [-0.05, 0) is 24.3 Å². The van der Waals surface area contributed by atoms with Crippen LogP contribution in [-0.4, -0.2) is 26.4 Å². The third kappa shape index (κ3) is 4.43. The van der Waals surface area contributed by atoms with Crippen molar-refractivity contribution >= 4 is 26.9 Å². The lowest BCUT2D eigenvalue weighted by atomic mass is 9.93. The Balaban J connectivity index is 1.35. The molecule has 0 saturated carbocycles. The highest BCUT2D eigenvalue weighted by Crippen LogP contribution is 2.58. The molecule has 27 heavy (non-hydrogen) atoms. The van der Waals surface area contributed by atoms with Gasteiger partial charge in [-0.2, -0.15) is 0 Å². The molecule has 0 radical (unpaired) electrons. The van der Waals surface area contributed by atoms with Gasteiger partial charge >= 0.3 is 15.5 Å². The first-order chi connectivity index (χ1) is 13.0. The molecule has 144 valence electrons. The van der Waals surface area contributed by atoms with E-state index in [-0.39, 0.29) is 26.4 Å². The smallest absolute Gasteiger partial charge is 0.293 e. The molecule has 2 saturated heterocycles. The SMILES string of the molecule is O=P1(Nc2ccccc2)OCC2(CO1)COP(=O)(Nc1ccccc1)OC2. The highest BCUT2D eigenvalue weighted by molar-refractivity contribution is 7.55. The molecule has 0 amide bonds. The minimum atomic E-state index is -3.46. The van der Waals surface area contributed by atoms with Crippen molar-refractivity contribution in [2.24, 2.45) is 5.41 Å². The third-order valence-electron chi connectivity index (χ3n) is 4.24. The Labute approximate surface area is 157 Å². The van der Waals surface area contributed by atoms with Gasteiger partial charge < -0.3 is 0 Å². The molecule has 0 aromatic heterocycles. The van der Waals surface area contributed by atoms with Gasteiger partial charge in [-0.1, -0.05) is 36.4 Å². The van der Waals surface area contributed by atoms with E-state index >= 15 is 0 Å². The van der Waals surface area contributed by atoms with Crippen LogP contribution in [0.3, 0.4) is 0 Å². The van der Waals surface area contributed by atoms with Crippen molar-refractivity contribution in [1.29, 1.82) is 0 Å². The monoisotopic (exact) mass is 410 g/mol. The van der Waals surface area contributed by atoms with Crippen LogP contribution < -0.4 is 10.2 Å². The van der Waals surface area contributed by atoms with Gasteiger partial charge in [0.2, 0.25) is 0 Å². The zero-order chi connectivity index (χ0) is 18.8. The van der Waals surface area contributed by atoms with Crippen LogP contribution in [0, 0.1) is 5.41 Å². The maximum absolute atomic E-state index is 12.7. The van der Waals surface area contributed by atoms with E-state index in [0.29, 0.717) is 11.4 Å². The van der Waals surface area contributed by atoms with Crippen LogP contribution in [0.4, 0.5) is 11.4 Å². The number of hydrogen-bond donors (Lipinski definition) is 2. The van der Waals surface area contributed by atoms with Crippen molar-refractivity contribution in [2.45, 2.75) is 0 Å². The van der Waals surface area contributed by atoms with Crippen LogP contribution in [0.25, 0.3) is 0 Å². The van der Waals surface area contributed by atoms with Crippen molar-refractivity contribution in [3.8, 4) is 0 Å². The van der Waals surface area contributed by atoms with Gasteiger partial charge in [-0.25, -0.2) is 9.13 Å². The lowest BCUT2D eigenvalue weighted by Gasteiger charge is -2.42. The predicted molar refractivity (Wildman–Crippen MR) is 102 cm³/mol. The summed E-state index contributed by atoms with van der Waals surface area (Å²) < 4.78 is 47.4. The van der Waals surface area contributed by atoms with Gasteiger partial charge in [0, 0.05) is 11.4 Å². The van der Waals surface area contributed by atoms with Gasteiger partial charge in [0.25, 0.3) is 0 Å². The maximum atomic E-state index is 12.7. The third-order valence-corrected chi connectivity index (χ3v) is 7.18. The van der Waals surface area contributed by atoms with Crippen LogP contribution in [0.2, 0.25) is 0 Å². The number of anilines is 2. The second kappa shape index (κ2) is 7.40. The summed E-state index contributed by atoms with van der Waals surface area (Å²) in [6.45, 7) is 0.426. The van der Waals surface area contributed by atoms with E-state index in [0.717, 1.165) is 0 Å². The van der Waals surface area contributed by atoms with Gasteiger partial charge in [0.05, 0.1) is 31.8 Å². The van der Waals surface area contributed by atoms with Crippen LogP contribution in [-0.2, 0) is 27.2 Å². The minimum absolute atomic E-state index is 0.107. The van der Waals surface area contributed by atoms with Gasteiger partial charge in [0.1, 0.15) is 0 Å². The Hall–Kier alpha value is -1.66. The maximum Gasteiger partial charge on any atom is 0.432 e. The van der Waals surface area contributed by atoms with Crippen LogP contribution in [0.5, 0.6) is 0 Å². The average Bonchev–Trinajstić information content (AvgIpc) is 2.69. The van der Waals surface area contributed by atoms with Gasteiger partial charge in [-0.3, -0.25) is 28.3 Å². The van der Waals surface area contributed by atoms with Crippen LogP contribution >= 0.6 is 15.5 Å². The van der Waals surface area contributed by atoms with Crippen molar-refractivity contribution in [1.82, 2.24) is 0 Å². The fourth-order valence-electron chi connectivity index (χ4n) is 2.68. The van der Waals surface area contributed by atoms with Crippen LogP contribution in [0.15, 0.2) is 60.7 Å². The van der Waals surface area contributed by atoms with E-state index in [9.17, 15) is 9.13 Å². The summed E-state index contributed by atoms with van der Waals surface area (Å²) in [6, 6.07) is 18.1. The summed E-state index contributed by atoms with van der Waals surface area (Å²) >= 11 is 0. The summed E-state index contributed by atoms with van der Waals surface area (Å²) in [5, 5.41) is 5.58. The molecule has 4 rings (SSSR count). The molecule has 2 aromatic carbocycles. The molecule has 2 fully saturated rings. The molecule has 10 heteroatoms. The van der Waals surface area contributed by atoms with Gasteiger partial charge in [-0.15, -0.1) is 0 Å². The first kappa shape index (κ1) is 18.7. The largest absolute Gasteiger partial charge is 0.432 e. The topological polar surface area (TPSA) is 95.1 Å². The second-order valence-corrected chi connectivity index (χ2v) is 10.0.